The number of likely N-dealkylation sites (tertiary alicyclic amines) is 1. The van der Waals surface area contributed by atoms with Gasteiger partial charge in [0.15, 0.2) is 5.82 Å². The van der Waals surface area contributed by atoms with Crippen molar-refractivity contribution in [1.82, 2.24) is 29.2 Å². The van der Waals surface area contributed by atoms with E-state index in [1.807, 2.05) is 6.92 Å². The van der Waals surface area contributed by atoms with Gasteiger partial charge in [-0.1, -0.05) is 12.5 Å². The van der Waals surface area contributed by atoms with Gasteiger partial charge in [0.05, 0.1) is 40.7 Å². The summed E-state index contributed by atoms with van der Waals surface area (Å²) in [6.45, 7) is 8.49. The zero-order valence-electron chi connectivity index (χ0n) is 21.3. The topological polar surface area (TPSA) is 104 Å². The number of aryl methyl sites for hydroxylation is 2. The van der Waals surface area contributed by atoms with Gasteiger partial charge in [0.1, 0.15) is 28.7 Å². The number of fused-ring (bicyclic) bond motifs is 2. The van der Waals surface area contributed by atoms with Crippen LogP contribution in [0.25, 0.3) is 21.9 Å². The van der Waals surface area contributed by atoms with Crippen molar-refractivity contribution in [2.24, 2.45) is 0 Å². The highest BCUT2D eigenvalue weighted by molar-refractivity contribution is 5.93. The predicted molar refractivity (Wildman–Crippen MR) is 139 cm³/mol. The normalized spacial score (nSPS) is 17.2. The molecule has 1 amide bonds. The molecule has 0 bridgehead atoms. The molecule has 0 spiro atoms. The Bertz CT molecular complexity index is 1650. The largest absolute Gasteiger partial charge is 0.383 e. The molecule has 0 aliphatic carbocycles. The lowest BCUT2D eigenvalue weighted by Gasteiger charge is -2.22. The quantitative estimate of drug-likeness (QED) is 0.320. The zero-order chi connectivity index (χ0) is 27.1. The first-order valence-corrected chi connectivity index (χ1v) is 12.2. The molecule has 9 nitrogen and oxygen atoms in total. The van der Waals surface area contributed by atoms with Gasteiger partial charge in [-0.15, -0.1) is 0 Å². The van der Waals surface area contributed by atoms with Crippen molar-refractivity contribution in [3.05, 3.63) is 59.7 Å². The highest BCUT2D eigenvalue weighted by atomic mass is 19.1. The van der Waals surface area contributed by atoms with E-state index >= 15 is 8.78 Å². The molecule has 0 saturated carbocycles. The smallest absolute Gasteiger partial charge is 0.246 e. The molecule has 1 aromatic carbocycles. The minimum Gasteiger partial charge on any atom is -0.383 e. The molecule has 11 heteroatoms. The first-order chi connectivity index (χ1) is 18.3. The number of anilines is 1. The number of aromatic nitrogens is 5. The summed E-state index contributed by atoms with van der Waals surface area (Å²) in [5, 5.41) is 5.15. The number of nitrogens with two attached hydrogens (primary N) is 1. The van der Waals surface area contributed by atoms with Crippen LogP contribution in [-0.2, 0) is 16.1 Å². The van der Waals surface area contributed by atoms with Crippen LogP contribution in [0.3, 0.4) is 0 Å². The minimum atomic E-state index is -0.825. The van der Waals surface area contributed by atoms with Gasteiger partial charge in [0.25, 0.3) is 0 Å². The summed E-state index contributed by atoms with van der Waals surface area (Å²) in [5.74, 6) is 4.40. The monoisotopic (exact) mass is 519 g/mol. The van der Waals surface area contributed by atoms with Crippen LogP contribution >= 0.6 is 0 Å². The number of amides is 1. The number of nitrogens with zero attached hydrogens (tertiary/aromatic N) is 6. The van der Waals surface area contributed by atoms with Crippen LogP contribution in [0.4, 0.5) is 14.6 Å². The highest BCUT2D eigenvalue weighted by Gasteiger charge is 2.36. The second kappa shape index (κ2) is 9.87. The number of hydrogen-bond acceptors (Lipinski definition) is 6. The molecule has 196 valence electrons. The van der Waals surface area contributed by atoms with Gasteiger partial charge in [0.2, 0.25) is 5.91 Å². The third-order valence-electron chi connectivity index (χ3n) is 6.95. The Kier molecular flexibility index (Phi) is 6.59. The molecule has 2 atom stereocenters. The van der Waals surface area contributed by atoms with E-state index in [2.05, 4.69) is 33.5 Å². The summed E-state index contributed by atoms with van der Waals surface area (Å²) in [6.07, 6.45) is 3.41. The van der Waals surface area contributed by atoms with E-state index < -0.39 is 17.2 Å². The van der Waals surface area contributed by atoms with Gasteiger partial charge in [-0.2, -0.15) is 5.10 Å². The summed E-state index contributed by atoms with van der Waals surface area (Å²) in [4.78, 5) is 22.6. The Morgan fingerprint density at radius 3 is 2.84 bits per heavy atom. The van der Waals surface area contributed by atoms with Crippen molar-refractivity contribution >= 4 is 33.7 Å². The molecule has 1 aliphatic rings. The van der Waals surface area contributed by atoms with Crippen LogP contribution in [0.2, 0.25) is 0 Å². The third-order valence-corrected chi connectivity index (χ3v) is 6.95. The van der Waals surface area contributed by atoms with Crippen LogP contribution in [0.1, 0.15) is 36.5 Å². The first-order valence-electron chi connectivity index (χ1n) is 12.2. The van der Waals surface area contributed by atoms with E-state index in [0.717, 1.165) is 0 Å². The minimum absolute atomic E-state index is 0.0636. The Balaban J connectivity index is 1.60. The van der Waals surface area contributed by atoms with E-state index in [4.69, 9.17) is 10.5 Å². The predicted octanol–water partition coefficient (Wildman–Crippen LogP) is 3.34. The van der Waals surface area contributed by atoms with E-state index in [-0.39, 0.29) is 35.0 Å². The first kappa shape index (κ1) is 25.4. The van der Waals surface area contributed by atoms with Crippen molar-refractivity contribution in [3.63, 3.8) is 0 Å². The zero-order valence-corrected chi connectivity index (χ0v) is 21.3. The van der Waals surface area contributed by atoms with Crippen LogP contribution < -0.4 is 5.73 Å². The van der Waals surface area contributed by atoms with Crippen LogP contribution in [0.5, 0.6) is 0 Å². The van der Waals surface area contributed by atoms with Crippen molar-refractivity contribution in [2.45, 2.75) is 38.9 Å². The number of pyridine rings is 1. The molecule has 4 heterocycles. The average Bonchev–Trinajstić information content (AvgIpc) is 3.57. The fourth-order valence-corrected chi connectivity index (χ4v) is 5.23. The fourth-order valence-electron chi connectivity index (χ4n) is 5.23. The second-order valence-corrected chi connectivity index (χ2v) is 9.15. The number of imidazole rings is 1. The lowest BCUT2D eigenvalue weighted by Crippen LogP contribution is -2.37. The fraction of sp³-hybridized carbons (Fsp3) is 0.333. The van der Waals surface area contributed by atoms with Crippen molar-refractivity contribution < 1.29 is 18.3 Å². The Labute approximate surface area is 217 Å². The summed E-state index contributed by atoms with van der Waals surface area (Å²) >= 11 is 0. The van der Waals surface area contributed by atoms with Crippen LogP contribution in [0.15, 0.2) is 31.0 Å². The maximum atomic E-state index is 15.3. The van der Waals surface area contributed by atoms with Gasteiger partial charge in [0, 0.05) is 32.5 Å². The number of carbonyl (C=O) groups excluding carboxylic acids is 1. The van der Waals surface area contributed by atoms with E-state index in [1.165, 1.54) is 12.1 Å². The van der Waals surface area contributed by atoms with Gasteiger partial charge >= 0.3 is 0 Å². The molecule has 38 heavy (non-hydrogen) atoms. The summed E-state index contributed by atoms with van der Waals surface area (Å²) < 4.78 is 39.2. The van der Waals surface area contributed by atoms with Crippen LogP contribution in [-0.4, -0.2) is 61.4 Å². The standard InChI is InChI=1S/C27H27F2N7O2/c1-5-23(37)35-13-16(11-17(35)14-38-4)36-21-9-10-31-27(30)24(21)20(33-36)8-7-18-19(28)12-22-26(25(18)29)32-15(3)34(22)6-2/h5,9-10,12,16-17H,1,6,11,13-14H2,2-4H3,(H2,30,31)/t16-,17+/m0/s1. The van der Waals surface area contributed by atoms with E-state index in [1.54, 1.807) is 40.4 Å². The molecule has 1 aliphatic heterocycles. The maximum Gasteiger partial charge on any atom is 0.246 e. The molecular formula is C27H27F2N7O2. The van der Waals surface area contributed by atoms with Gasteiger partial charge < -0.3 is 19.9 Å². The molecule has 1 saturated heterocycles. The van der Waals surface area contributed by atoms with Gasteiger partial charge in [-0.25, -0.2) is 18.7 Å². The maximum absolute atomic E-state index is 15.3. The number of halogens is 2. The lowest BCUT2D eigenvalue weighted by molar-refractivity contribution is -0.127. The van der Waals surface area contributed by atoms with Crippen molar-refractivity contribution in [3.8, 4) is 11.8 Å². The molecule has 1 fully saturated rings. The molecule has 5 rings (SSSR count). The number of ether oxygens (including phenoxy) is 1. The average molecular weight is 520 g/mol. The molecule has 4 aromatic rings. The summed E-state index contributed by atoms with van der Waals surface area (Å²) in [7, 11) is 1.58. The van der Waals surface area contributed by atoms with Crippen molar-refractivity contribution in [2.75, 3.05) is 26.0 Å². The van der Waals surface area contributed by atoms with E-state index in [9.17, 15) is 4.79 Å². The van der Waals surface area contributed by atoms with Gasteiger partial charge in [-0.3, -0.25) is 9.48 Å². The Hall–Kier alpha value is -4.30. The highest BCUT2D eigenvalue weighted by Crippen LogP contribution is 2.33. The summed E-state index contributed by atoms with van der Waals surface area (Å²) in [5.41, 5.74) is 7.12. The molecule has 0 unspecified atom stereocenters. The number of rotatable bonds is 5. The number of hydrogen-bond donors (Lipinski definition) is 1. The number of carbonyl (C=O) groups is 1. The Morgan fingerprint density at radius 2 is 2.13 bits per heavy atom. The van der Waals surface area contributed by atoms with E-state index in [0.29, 0.717) is 48.4 Å². The number of benzene rings is 1. The van der Waals surface area contributed by atoms with Crippen LogP contribution in [0, 0.1) is 30.4 Å². The number of methoxy groups -OCH3 is 1. The SMILES string of the molecule is C=CC(=O)N1C[C@@H](n2nc(C#Cc3c(F)cc4c(nc(C)n4CC)c3F)c3c(N)nccc32)C[C@@H]1COC. The number of nitrogen functional groups attached to an aromatic ring is 1. The third kappa shape index (κ3) is 4.07. The lowest BCUT2D eigenvalue weighted by atomic mass is 10.1. The molecule has 0 radical (unpaired) electrons. The molecule has 3 aromatic heterocycles. The second-order valence-electron chi connectivity index (χ2n) is 9.15. The molecular weight excluding hydrogens is 492 g/mol. The van der Waals surface area contributed by atoms with Gasteiger partial charge in [-0.05, 0) is 38.3 Å². The Morgan fingerprint density at radius 1 is 1.34 bits per heavy atom. The molecule has 2 N–H and O–H groups in total. The van der Waals surface area contributed by atoms with Crippen molar-refractivity contribution in [1.29, 1.82) is 0 Å². The summed E-state index contributed by atoms with van der Waals surface area (Å²) in [6, 6.07) is 2.63.